The van der Waals surface area contributed by atoms with Gasteiger partial charge in [-0.3, -0.25) is 28.9 Å². The first-order chi connectivity index (χ1) is 17.9. The van der Waals surface area contributed by atoms with Gasteiger partial charge in [-0.05, 0) is 62.4 Å². The van der Waals surface area contributed by atoms with E-state index in [0.717, 1.165) is 28.0 Å². The van der Waals surface area contributed by atoms with Crippen molar-refractivity contribution in [3.63, 3.8) is 0 Å². The lowest BCUT2D eigenvalue weighted by Gasteiger charge is -2.45. The van der Waals surface area contributed by atoms with Crippen LogP contribution in [0.5, 0.6) is 0 Å². The SMILES string of the molecule is CC(C)C[C@H]1C(=O)N[C@@H](C)[C@]2(O)O[C@@](C)(NC(=O)[C@H]3C=C4c5cccc6[nH]cc(c56)C[C@H]4N(C)C3)C(=O)N12. The van der Waals surface area contributed by atoms with Gasteiger partial charge in [0.25, 0.3) is 11.8 Å². The quantitative estimate of drug-likeness (QED) is 0.481. The molecule has 2 fully saturated rings. The maximum absolute atomic E-state index is 13.7. The summed E-state index contributed by atoms with van der Waals surface area (Å²) in [6, 6.07) is 4.53. The molecule has 38 heavy (non-hydrogen) atoms. The van der Waals surface area contributed by atoms with Gasteiger partial charge in [-0.2, -0.15) is 0 Å². The molecule has 3 aliphatic heterocycles. The molecule has 4 aliphatic rings. The molecule has 6 rings (SSSR count). The van der Waals surface area contributed by atoms with E-state index in [4.69, 9.17) is 4.74 Å². The third-order valence-corrected chi connectivity index (χ3v) is 8.52. The lowest BCUT2D eigenvalue weighted by atomic mass is 9.79. The lowest BCUT2D eigenvalue weighted by molar-refractivity contribution is -0.300. The van der Waals surface area contributed by atoms with Crippen LogP contribution in [0.2, 0.25) is 0 Å². The van der Waals surface area contributed by atoms with Crippen LogP contribution >= 0.6 is 0 Å². The first-order valence-corrected chi connectivity index (χ1v) is 13.3. The molecule has 0 bridgehead atoms. The number of rotatable bonds is 4. The molecule has 6 atom stereocenters. The van der Waals surface area contributed by atoms with Crippen LogP contribution in [-0.4, -0.2) is 81.0 Å². The van der Waals surface area contributed by atoms with Gasteiger partial charge in [-0.25, -0.2) is 0 Å². The molecule has 3 amide bonds. The number of hydrogen-bond donors (Lipinski definition) is 4. The Morgan fingerprint density at radius 3 is 2.82 bits per heavy atom. The molecule has 1 aromatic carbocycles. The summed E-state index contributed by atoms with van der Waals surface area (Å²) in [5, 5.41) is 18.2. The Balaban J connectivity index is 1.30. The molecule has 10 heteroatoms. The van der Waals surface area contributed by atoms with Crippen molar-refractivity contribution in [2.24, 2.45) is 11.8 Å². The maximum atomic E-state index is 13.7. The number of nitrogens with one attached hydrogen (secondary N) is 3. The third-order valence-electron chi connectivity index (χ3n) is 8.52. The average molecular weight is 522 g/mol. The number of H-pyrrole nitrogens is 1. The Bertz CT molecular complexity index is 1380. The highest BCUT2D eigenvalue weighted by Gasteiger charge is 2.66. The zero-order chi connectivity index (χ0) is 27.1. The maximum Gasteiger partial charge on any atom is 0.280 e. The summed E-state index contributed by atoms with van der Waals surface area (Å²) in [5.74, 6) is -3.86. The van der Waals surface area contributed by atoms with Crippen molar-refractivity contribution in [2.45, 2.75) is 70.3 Å². The predicted octanol–water partition coefficient (Wildman–Crippen LogP) is 1.31. The molecule has 202 valence electrons. The number of likely N-dealkylation sites (N-methyl/N-ethyl adjacent to an activating group) is 1. The van der Waals surface area contributed by atoms with Gasteiger partial charge in [-0.1, -0.05) is 32.1 Å². The Labute approximate surface area is 221 Å². The van der Waals surface area contributed by atoms with Gasteiger partial charge < -0.3 is 20.7 Å². The molecule has 0 spiro atoms. The van der Waals surface area contributed by atoms with E-state index in [1.54, 1.807) is 6.92 Å². The number of fused-ring (bicyclic) bond motifs is 3. The number of piperazine rings is 1. The van der Waals surface area contributed by atoms with E-state index in [9.17, 15) is 19.5 Å². The molecule has 2 saturated heterocycles. The van der Waals surface area contributed by atoms with Gasteiger partial charge >= 0.3 is 0 Å². The molecule has 0 radical (unpaired) electrons. The monoisotopic (exact) mass is 521 g/mol. The average Bonchev–Trinajstić information content (AvgIpc) is 3.35. The number of aliphatic hydroxyl groups is 1. The summed E-state index contributed by atoms with van der Waals surface area (Å²) in [7, 11) is 2.01. The molecular weight excluding hydrogens is 486 g/mol. The van der Waals surface area contributed by atoms with Gasteiger partial charge in [0.2, 0.25) is 17.5 Å². The molecule has 10 nitrogen and oxygen atoms in total. The normalized spacial score (nSPS) is 34.7. The summed E-state index contributed by atoms with van der Waals surface area (Å²) >= 11 is 0. The zero-order valence-corrected chi connectivity index (χ0v) is 22.4. The number of nitrogens with zero attached hydrogens (tertiary/aromatic N) is 2. The minimum atomic E-state index is -2.07. The largest absolute Gasteiger partial charge is 0.361 e. The molecule has 1 aromatic heterocycles. The van der Waals surface area contributed by atoms with Crippen LogP contribution in [0.1, 0.15) is 45.2 Å². The van der Waals surface area contributed by atoms with Crippen LogP contribution in [0, 0.1) is 11.8 Å². The van der Waals surface area contributed by atoms with Crippen LogP contribution < -0.4 is 10.6 Å². The Hall–Kier alpha value is -3.21. The highest BCUT2D eigenvalue weighted by molar-refractivity contribution is 6.00. The van der Waals surface area contributed by atoms with Crippen molar-refractivity contribution in [1.82, 2.24) is 25.4 Å². The van der Waals surface area contributed by atoms with Gasteiger partial charge in [0, 0.05) is 29.7 Å². The van der Waals surface area contributed by atoms with E-state index in [2.05, 4.69) is 38.8 Å². The molecule has 1 aliphatic carbocycles. The van der Waals surface area contributed by atoms with E-state index in [-0.39, 0.29) is 23.8 Å². The Morgan fingerprint density at radius 2 is 2.08 bits per heavy atom. The standard InChI is InChI=1S/C28H35N5O5/c1-14(2)9-22-25(35)30-15(3)28(37)33(22)26(36)27(4,38-28)31-24(34)17-10-19-18-7-6-8-20-23(18)16(12-29-20)11-21(19)32(5)13-17/h6-8,10,12,14-15,17,21-22,29,37H,9,11,13H2,1-5H3,(H,30,35)(H,31,34)/t15-,17-,21+,22-,27+,28-/m0/s1. The van der Waals surface area contributed by atoms with Gasteiger partial charge in [0.05, 0.1) is 5.92 Å². The number of benzene rings is 1. The number of amides is 3. The Kier molecular flexibility index (Phi) is 5.54. The third kappa shape index (κ3) is 3.54. The summed E-state index contributed by atoms with van der Waals surface area (Å²) in [6.07, 6.45) is 5.28. The second-order valence-corrected chi connectivity index (χ2v) is 11.8. The summed E-state index contributed by atoms with van der Waals surface area (Å²) in [6.45, 7) is 7.38. The molecule has 4 heterocycles. The van der Waals surface area contributed by atoms with Crippen LogP contribution in [0.4, 0.5) is 0 Å². The molecule has 2 aromatic rings. The molecular formula is C28H35N5O5. The topological polar surface area (TPSA) is 127 Å². The number of hydrogen-bond acceptors (Lipinski definition) is 6. The van der Waals surface area contributed by atoms with E-state index in [1.165, 1.54) is 17.9 Å². The van der Waals surface area contributed by atoms with Crippen molar-refractivity contribution in [3.8, 4) is 0 Å². The minimum absolute atomic E-state index is 0.0930. The van der Waals surface area contributed by atoms with E-state index < -0.39 is 35.5 Å². The Morgan fingerprint density at radius 1 is 1.32 bits per heavy atom. The fourth-order valence-corrected chi connectivity index (χ4v) is 6.63. The summed E-state index contributed by atoms with van der Waals surface area (Å²) < 4.78 is 5.95. The van der Waals surface area contributed by atoms with Gasteiger partial charge in [-0.15, -0.1) is 0 Å². The predicted molar refractivity (Wildman–Crippen MR) is 140 cm³/mol. The van der Waals surface area contributed by atoms with Crippen LogP contribution in [0.15, 0.2) is 30.5 Å². The van der Waals surface area contributed by atoms with Crippen molar-refractivity contribution < 1.29 is 24.2 Å². The smallest absolute Gasteiger partial charge is 0.280 e. The fourth-order valence-electron chi connectivity index (χ4n) is 6.63. The minimum Gasteiger partial charge on any atom is -0.361 e. The van der Waals surface area contributed by atoms with Crippen molar-refractivity contribution in [1.29, 1.82) is 0 Å². The number of aromatic amines is 1. The number of carbonyl (C=O) groups is 3. The fraction of sp³-hybridized carbons (Fsp3) is 0.536. The number of carbonyl (C=O) groups excluding carboxylic acids is 3. The van der Waals surface area contributed by atoms with Crippen LogP contribution in [0.25, 0.3) is 16.5 Å². The first kappa shape index (κ1) is 25.1. The molecule has 0 saturated carbocycles. The molecule has 4 N–H and O–H groups in total. The van der Waals surface area contributed by atoms with Gasteiger partial charge in [0.15, 0.2) is 0 Å². The zero-order valence-electron chi connectivity index (χ0n) is 22.4. The molecule has 0 unspecified atom stereocenters. The summed E-state index contributed by atoms with van der Waals surface area (Å²) in [5.41, 5.74) is 2.72. The van der Waals surface area contributed by atoms with Crippen molar-refractivity contribution in [2.75, 3.05) is 13.6 Å². The van der Waals surface area contributed by atoms with Crippen LogP contribution in [0.3, 0.4) is 0 Å². The summed E-state index contributed by atoms with van der Waals surface area (Å²) in [4.78, 5) is 46.8. The van der Waals surface area contributed by atoms with Crippen molar-refractivity contribution in [3.05, 3.63) is 41.6 Å². The van der Waals surface area contributed by atoms with Crippen LogP contribution in [-0.2, 0) is 25.5 Å². The lowest BCUT2D eigenvalue weighted by Crippen LogP contribution is -2.71. The van der Waals surface area contributed by atoms with E-state index in [1.807, 2.05) is 33.0 Å². The second-order valence-electron chi connectivity index (χ2n) is 11.8. The number of aromatic nitrogens is 1. The highest BCUT2D eigenvalue weighted by Crippen LogP contribution is 2.42. The highest BCUT2D eigenvalue weighted by atomic mass is 16.7. The number of ether oxygens (including phenoxy) is 1. The first-order valence-electron chi connectivity index (χ1n) is 13.3. The van der Waals surface area contributed by atoms with Gasteiger partial charge in [0.1, 0.15) is 12.1 Å². The van der Waals surface area contributed by atoms with E-state index in [0.29, 0.717) is 13.0 Å². The second kappa shape index (κ2) is 8.39. The van der Waals surface area contributed by atoms with Crippen molar-refractivity contribution >= 4 is 34.2 Å². The van der Waals surface area contributed by atoms with E-state index >= 15 is 0 Å².